The highest BCUT2D eigenvalue weighted by Crippen LogP contribution is 2.07. The summed E-state index contributed by atoms with van der Waals surface area (Å²) in [6, 6.07) is -1.28. The third-order valence-electron chi connectivity index (χ3n) is 1.72. The van der Waals surface area contributed by atoms with Crippen molar-refractivity contribution in [1.82, 2.24) is 5.32 Å². The summed E-state index contributed by atoms with van der Waals surface area (Å²) < 4.78 is 0. The van der Waals surface area contributed by atoms with Crippen molar-refractivity contribution in [2.75, 3.05) is 0 Å². The number of hydrogen-bond acceptors (Lipinski definition) is 3. The summed E-state index contributed by atoms with van der Waals surface area (Å²) in [5, 5.41) is 10.8. The fourth-order valence-electron chi connectivity index (χ4n) is 1.01. The molecule has 0 bridgehead atoms. The summed E-state index contributed by atoms with van der Waals surface area (Å²) in [5.74, 6) is -1.37. The van der Waals surface area contributed by atoms with Crippen LogP contribution < -0.4 is 11.1 Å². The van der Waals surface area contributed by atoms with Crippen molar-refractivity contribution in [3.63, 3.8) is 0 Å². The molecular weight excluding hydrogens is 148 g/mol. The quantitative estimate of drug-likeness (QED) is 0.441. The zero-order valence-electron chi connectivity index (χ0n) is 5.91. The second-order valence-electron chi connectivity index (χ2n) is 2.58. The fraction of sp³-hybridized carbons (Fsp3) is 0.667. The molecule has 1 aliphatic rings. The Balaban J connectivity index is 2.53. The number of aliphatic carboxylic acids is 1. The van der Waals surface area contributed by atoms with E-state index in [1.54, 1.807) is 0 Å². The summed E-state index contributed by atoms with van der Waals surface area (Å²) >= 11 is 0. The van der Waals surface area contributed by atoms with Gasteiger partial charge in [-0.2, -0.15) is 0 Å². The van der Waals surface area contributed by atoms with Crippen molar-refractivity contribution in [2.45, 2.75) is 24.9 Å². The molecule has 1 amide bonds. The van der Waals surface area contributed by atoms with Gasteiger partial charge in [0.2, 0.25) is 5.91 Å². The van der Waals surface area contributed by atoms with E-state index in [1.807, 2.05) is 0 Å². The molecule has 5 nitrogen and oxygen atoms in total. The second-order valence-corrected chi connectivity index (χ2v) is 2.58. The first-order chi connectivity index (χ1) is 5.11. The Kier molecular flexibility index (Phi) is 2.09. The Bertz CT molecular complexity index is 192. The monoisotopic (exact) mass is 158 g/mol. The number of carboxylic acid groups (broad SMARTS) is 1. The Morgan fingerprint density at radius 2 is 2.27 bits per heavy atom. The summed E-state index contributed by atoms with van der Waals surface area (Å²) in [5.41, 5.74) is 5.34. The van der Waals surface area contributed by atoms with Crippen molar-refractivity contribution in [3.8, 4) is 0 Å². The average molecular weight is 158 g/mol. The smallest absolute Gasteiger partial charge is 0.326 e. The maximum atomic E-state index is 10.8. The van der Waals surface area contributed by atoms with Crippen LogP contribution in [0.1, 0.15) is 12.8 Å². The SMILES string of the molecule is N[C@H]1CC[C@@H](C(=O)O)NC1=O. The molecule has 0 aromatic carbocycles. The molecule has 11 heavy (non-hydrogen) atoms. The molecule has 0 saturated carbocycles. The molecule has 2 atom stereocenters. The van der Waals surface area contributed by atoms with Crippen LogP contribution in [0.25, 0.3) is 0 Å². The lowest BCUT2D eigenvalue weighted by molar-refractivity contribution is -0.143. The number of hydrogen-bond donors (Lipinski definition) is 3. The number of rotatable bonds is 1. The molecule has 1 heterocycles. The Morgan fingerprint density at radius 1 is 1.64 bits per heavy atom. The zero-order valence-corrected chi connectivity index (χ0v) is 5.91. The number of carboxylic acids is 1. The second kappa shape index (κ2) is 2.87. The molecule has 1 fully saturated rings. The molecule has 1 aliphatic heterocycles. The molecule has 62 valence electrons. The van der Waals surface area contributed by atoms with E-state index in [9.17, 15) is 9.59 Å². The maximum absolute atomic E-state index is 10.8. The lowest BCUT2D eigenvalue weighted by Gasteiger charge is -2.23. The van der Waals surface area contributed by atoms with E-state index in [2.05, 4.69) is 5.32 Å². The summed E-state index contributed by atoms with van der Waals surface area (Å²) in [6.07, 6.45) is 0.866. The van der Waals surface area contributed by atoms with Gasteiger partial charge in [0.1, 0.15) is 6.04 Å². The van der Waals surface area contributed by atoms with Gasteiger partial charge in [-0.1, -0.05) is 0 Å². The van der Waals surface area contributed by atoms with Gasteiger partial charge in [-0.05, 0) is 12.8 Å². The van der Waals surface area contributed by atoms with Crippen molar-refractivity contribution >= 4 is 11.9 Å². The Labute approximate surface area is 63.6 Å². The molecule has 0 aromatic heterocycles. The predicted molar refractivity (Wildman–Crippen MR) is 36.8 cm³/mol. The van der Waals surface area contributed by atoms with Gasteiger partial charge in [0.05, 0.1) is 6.04 Å². The van der Waals surface area contributed by atoms with Crippen LogP contribution in [0.4, 0.5) is 0 Å². The summed E-state index contributed by atoms with van der Waals surface area (Å²) in [6.45, 7) is 0. The van der Waals surface area contributed by atoms with Gasteiger partial charge in [0.25, 0.3) is 0 Å². The zero-order chi connectivity index (χ0) is 8.43. The van der Waals surface area contributed by atoms with Crippen molar-refractivity contribution in [2.24, 2.45) is 5.73 Å². The van der Waals surface area contributed by atoms with E-state index in [1.165, 1.54) is 0 Å². The fourth-order valence-corrected chi connectivity index (χ4v) is 1.01. The molecule has 0 radical (unpaired) electrons. The van der Waals surface area contributed by atoms with Gasteiger partial charge in [-0.3, -0.25) is 4.79 Å². The van der Waals surface area contributed by atoms with Gasteiger partial charge in [-0.15, -0.1) is 0 Å². The first-order valence-corrected chi connectivity index (χ1v) is 3.40. The van der Waals surface area contributed by atoms with Crippen LogP contribution in [-0.4, -0.2) is 29.1 Å². The standard InChI is InChI=1S/C6H10N2O3/c7-3-1-2-4(6(10)11)8-5(3)9/h3-4H,1-2,7H2,(H,8,9)(H,10,11)/t3-,4-/m0/s1. The molecule has 1 saturated heterocycles. The van der Waals surface area contributed by atoms with Crippen LogP contribution in [0.3, 0.4) is 0 Å². The van der Waals surface area contributed by atoms with Gasteiger partial charge in [-0.25, -0.2) is 4.79 Å². The number of piperidine rings is 1. The number of carbonyl (C=O) groups excluding carboxylic acids is 1. The van der Waals surface area contributed by atoms with E-state index in [-0.39, 0.29) is 5.91 Å². The number of amides is 1. The number of carbonyl (C=O) groups is 2. The van der Waals surface area contributed by atoms with E-state index in [4.69, 9.17) is 10.8 Å². The van der Waals surface area contributed by atoms with Crippen LogP contribution in [-0.2, 0) is 9.59 Å². The predicted octanol–water partition coefficient (Wildman–Crippen LogP) is -1.32. The Hall–Kier alpha value is -1.10. The van der Waals surface area contributed by atoms with Gasteiger partial charge < -0.3 is 16.2 Å². The van der Waals surface area contributed by atoms with E-state index < -0.39 is 18.1 Å². The van der Waals surface area contributed by atoms with Crippen LogP contribution in [0, 0.1) is 0 Å². The van der Waals surface area contributed by atoms with Crippen molar-refractivity contribution in [1.29, 1.82) is 0 Å². The number of nitrogens with two attached hydrogens (primary N) is 1. The molecule has 5 heteroatoms. The average Bonchev–Trinajstić information content (AvgIpc) is 1.94. The van der Waals surface area contributed by atoms with Crippen molar-refractivity contribution < 1.29 is 14.7 Å². The minimum atomic E-state index is -0.995. The van der Waals surface area contributed by atoms with Crippen molar-refractivity contribution in [3.05, 3.63) is 0 Å². The first kappa shape index (κ1) is 8.00. The molecule has 0 aromatic rings. The third-order valence-corrected chi connectivity index (χ3v) is 1.72. The van der Waals surface area contributed by atoms with E-state index in [0.29, 0.717) is 12.8 Å². The van der Waals surface area contributed by atoms with Crippen LogP contribution in [0.5, 0.6) is 0 Å². The lowest BCUT2D eigenvalue weighted by atomic mass is 10.0. The first-order valence-electron chi connectivity index (χ1n) is 3.40. The molecular formula is C6H10N2O3. The molecule has 0 spiro atoms. The van der Waals surface area contributed by atoms with Crippen LogP contribution in [0.15, 0.2) is 0 Å². The third kappa shape index (κ3) is 1.68. The topological polar surface area (TPSA) is 92.4 Å². The highest BCUT2D eigenvalue weighted by molar-refractivity contribution is 5.88. The van der Waals surface area contributed by atoms with Gasteiger partial charge in [0, 0.05) is 0 Å². The van der Waals surface area contributed by atoms with E-state index in [0.717, 1.165) is 0 Å². The normalized spacial score (nSPS) is 31.2. The van der Waals surface area contributed by atoms with E-state index >= 15 is 0 Å². The highest BCUT2D eigenvalue weighted by Gasteiger charge is 2.28. The maximum Gasteiger partial charge on any atom is 0.326 e. The molecule has 4 N–H and O–H groups in total. The lowest BCUT2D eigenvalue weighted by Crippen LogP contribution is -2.53. The minimum absolute atomic E-state index is 0.372. The van der Waals surface area contributed by atoms with Gasteiger partial charge in [0.15, 0.2) is 0 Å². The molecule has 0 aliphatic carbocycles. The molecule has 0 unspecified atom stereocenters. The summed E-state index contributed by atoms with van der Waals surface area (Å²) in [7, 11) is 0. The largest absolute Gasteiger partial charge is 0.480 e. The Morgan fingerprint density at radius 3 is 2.73 bits per heavy atom. The van der Waals surface area contributed by atoms with Crippen LogP contribution in [0.2, 0.25) is 0 Å². The van der Waals surface area contributed by atoms with Gasteiger partial charge >= 0.3 is 5.97 Å². The molecule has 1 rings (SSSR count). The highest BCUT2D eigenvalue weighted by atomic mass is 16.4. The summed E-state index contributed by atoms with van der Waals surface area (Å²) in [4.78, 5) is 21.2. The number of nitrogens with one attached hydrogen (secondary N) is 1. The van der Waals surface area contributed by atoms with Crippen LogP contribution >= 0.6 is 0 Å². The minimum Gasteiger partial charge on any atom is -0.480 e.